The van der Waals surface area contributed by atoms with Gasteiger partial charge >= 0.3 is 0 Å². The summed E-state index contributed by atoms with van der Waals surface area (Å²) < 4.78 is 16.5. The Kier molecular flexibility index (Phi) is 4.00. The fraction of sp³-hybridized carbons (Fsp3) is 0.538. The second kappa shape index (κ2) is 5.34. The Morgan fingerprint density at radius 3 is 2.61 bits per heavy atom. The van der Waals surface area contributed by atoms with E-state index >= 15 is 0 Å². The molecule has 1 fully saturated rings. The van der Waals surface area contributed by atoms with E-state index in [9.17, 15) is 0 Å². The van der Waals surface area contributed by atoms with Crippen molar-refractivity contribution in [2.75, 3.05) is 25.6 Å². The highest BCUT2D eigenvalue weighted by atomic mass is 35.5. The number of benzene rings is 1. The largest absolute Gasteiger partial charge is 0.495 e. The summed E-state index contributed by atoms with van der Waals surface area (Å²) in [6.45, 7) is 4.98. The van der Waals surface area contributed by atoms with Crippen molar-refractivity contribution in [3.05, 3.63) is 23.2 Å². The average Bonchev–Trinajstić information content (AvgIpc) is 2.32. The number of anilines is 1. The predicted octanol–water partition coefficient (Wildman–Crippen LogP) is 2.91. The Balaban J connectivity index is 2.04. The van der Waals surface area contributed by atoms with Crippen molar-refractivity contribution in [2.24, 2.45) is 0 Å². The smallest absolute Gasteiger partial charge is 0.162 e. The maximum absolute atomic E-state index is 5.98. The maximum atomic E-state index is 5.98. The SMILES string of the molecule is COc1ccc(Cl)cc1NC1COC(C)(C)OC1. The number of hydrogen-bond donors (Lipinski definition) is 1. The van der Waals surface area contributed by atoms with E-state index in [0.29, 0.717) is 18.2 Å². The summed E-state index contributed by atoms with van der Waals surface area (Å²) in [5, 5.41) is 3.98. The molecule has 1 aromatic rings. The molecular formula is C13H18ClNO3. The molecule has 0 bridgehead atoms. The molecule has 0 unspecified atom stereocenters. The van der Waals surface area contributed by atoms with E-state index in [2.05, 4.69) is 5.32 Å². The normalized spacial score (nSPS) is 19.6. The second-order valence-corrected chi connectivity index (χ2v) is 5.14. The van der Waals surface area contributed by atoms with Crippen molar-refractivity contribution in [3.63, 3.8) is 0 Å². The molecule has 100 valence electrons. The van der Waals surface area contributed by atoms with Gasteiger partial charge in [-0.2, -0.15) is 0 Å². The lowest BCUT2D eigenvalue weighted by Gasteiger charge is -2.35. The first-order valence-electron chi connectivity index (χ1n) is 5.88. The minimum atomic E-state index is -0.503. The van der Waals surface area contributed by atoms with E-state index in [1.54, 1.807) is 13.2 Å². The van der Waals surface area contributed by atoms with Crippen molar-refractivity contribution in [1.82, 2.24) is 0 Å². The quantitative estimate of drug-likeness (QED) is 0.918. The van der Waals surface area contributed by atoms with Crippen molar-refractivity contribution < 1.29 is 14.2 Å². The zero-order valence-corrected chi connectivity index (χ0v) is 11.6. The molecule has 4 nitrogen and oxygen atoms in total. The van der Waals surface area contributed by atoms with Gasteiger partial charge in [0.1, 0.15) is 5.75 Å². The van der Waals surface area contributed by atoms with Gasteiger partial charge in [-0.3, -0.25) is 0 Å². The lowest BCUT2D eigenvalue weighted by atomic mass is 10.2. The van der Waals surface area contributed by atoms with Crippen LogP contribution in [0.5, 0.6) is 5.75 Å². The van der Waals surface area contributed by atoms with Gasteiger partial charge in [-0.1, -0.05) is 11.6 Å². The molecule has 0 spiro atoms. The zero-order chi connectivity index (χ0) is 13.2. The maximum Gasteiger partial charge on any atom is 0.162 e. The highest BCUT2D eigenvalue weighted by Gasteiger charge is 2.28. The topological polar surface area (TPSA) is 39.7 Å². The molecule has 1 aromatic carbocycles. The Morgan fingerprint density at radius 1 is 1.33 bits per heavy atom. The van der Waals surface area contributed by atoms with E-state index in [1.165, 1.54) is 0 Å². The summed E-state index contributed by atoms with van der Waals surface area (Å²) in [5.74, 6) is 0.251. The summed E-state index contributed by atoms with van der Waals surface area (Å²) in [7, 11) is 1.63. The van der Waals surface area contributed by atoms with Gasteiger partial charge in [0, 0.05) is 5.02 Å². The Hall–Kier alpha value is -0.970. The van der Waals surface area contributed by atoms with Crippen LogP contribution in [0, 0.1) is 0 Å². The van der Waals surface area contributed by atoms with Crippen LogP contribution in [-0.4, -0.2) is 32.2 Å². The van der Waals surface area contributed by atoms with Gasteiger partial charge < -0.3 is 19.5 Å². The third-order valence-electron chi connectivity index (χ3n) is 2.79. The van der Waals surface area contributed by atoms with E-state index in [0.717, 1.165) is 11.4 Å². The van der Waals surface area contributed by atoms with Gasteiger partial charge in [0.25, 0.3) is 0 Å². The number of halogens is 1. The molecular weight excluding hydrogens is 254 g/mol. The summed E-state index contributed by atoms with van der Waals surface area (Å²) in [4.78, 5) is 0. The van der Waals surface area contributed by atoms with Crippen LogP contribution < -0.4 is 10.1 Å². The number of hydrogen-bond acceptors (Lipinski definition) is 4. The van der Waals surface area contributed by atoms with Crippen molar-refractivity contribution in [2.45, 2.75) is 25.7 Å². The van der Waals surface area contributed by atoms with Crippen LogP contribution in [0.15, 0.2) is 18.2 Å². The molecule has 2 rings (SSSR count). The van der Waals surface area contributed by atoms with Gasteiger partial charge in [-0.15, -0.1) is 0 Å². The molecule has 1 N–H and O–H groups in total. The van der Waals surface area contributed by atoms with E-state index in [4.69, 9.17) is 25.8 Å². The lowest BCUT2D eigenvalue weighted by Crippen LogP contribution is -2.45. The van der Waals surface area contributed by atoms with E-state index in [1.807, 2.05) is 26.0 Å². The number of ether oxygens (including phenoxy) is 3. The van der Waals surface area contributed by atoms with Gasteiger partial charge in [0.15, 0.2) is 5.79 Å². The summed E-state index contributed by atoms with van der Waals surface area (Å²) in [6.07, 6.45) is 0. The van der Waals surface area contributed by atoms with Crippen LogP contribution in [0.3, 0.4) is 0 Å². The number of nitrogens with one attached hydrogen (secondary N) is 1. The fourth-order valence-corrected chi connectivity index (χ4v) is 1.96. The fourth-order valence-electron chi connectivity index (χ4n) is 1.79. The first-order chi connectivity index (χ1) is 8.50. The molecule has 0 radical (unpaired) electrons. The first-order valence-corrected chi connectivity index (χ1v) is 6.26. The van der Waals surface area contributed by atoms with Crippen LogP contribution >= 0.6 is 11.6 Å². The highest BCUT2D eigenvalue weighted by Crippen LogP contribution is 2.29. The molecule has 0 amide bonds. The van der Waals surface area contributed by atoms with Crippen LogP contribution in [0.2, 0.25) is 5.02 Å². The zero-order valence-electron chi connectivity index (χ0n) is 10.8. The summed E-state index contributed by atoms with van der Waals surface area (Å²) in [5.41, 5.74) is 0.849. The first kappa shape index (κ1) is 13.5. The minimum absolute atomic E-state index is 0.0883. The monoisotopic (exact) mass is 271 g/mol. The highest BCUT2D eigenvalue weighted by molar-refractivity contribution is 6.30. The summed E-state index contributed by atoms with van der Waals surface area (Å²) in [6, 6.07) is 5.55. The molecule has 0 saturated carbocycles. The number of rotatable bonds is 3. The molecule has 1 aliphatic heterocycles. The van der Waals surface area contributed by atoms with Gasteiger partial charge in [-0.05, 0) is 32.0 Å². The summed E-state index contributed by atoms with van der Waals surface area (Å²) >= 11 is 5.98. The Bertz CT molecular complexity index is 413. The molecule has 18 heavy (non-hydrogen) atoms. The van der Waals surface area contributed by atoms with Crippen molar-refractivity contribution in [1.29, 1.82) is 0 Å². The molecule has 1 aliphatic rings. The van der Waals surface area contributed by atoms with Gasteiger partial charge in [0.05, 0.1) is 32.1 Å². The molecule has 0 atom stereocenters. The van der Waals surface area contributed by atoms with E-state index < -0.39 is 5.79 Å². The number of methoxy groups -OCH3 is 1. The third-order valence-corrected chi connectivity index (χ3v) is 3.02. The van der Waals surface area contributed by atoms with Crippen LogP contribution in [0.25, 0.3) is 0 Å². The minimum Gasteiger partial charge on any atom is -0.495 e. The molecule has 5 heteroatoms. The third kappa shape index (κ3) is 3.28. The average molecular weight is 272 g/mol. The second-order valence-electron chi connectivity index (χ2n) is 4.71. The van der Waals surface area contributed by atoms with E-state index in [-0.39, 0.29) is 6.04 Å². The molecule has 1 saturated heterocycles. The molecule has 0 aliphatic carbocycles. The standard InChI is InChI=1S/C13H18ClNO3/c1-13(2)17-7-10(8-18-13)15-11-6-9(14)4-5-12(11)16-3/h4-6,10,15H,7-8H2,1-3H3. The van der Waals surface area contributed by atoms with Crippen LogP contribution in [0.4, 0.5) is 5.69 Å². The predicted molar refractivity (Wildman–Crippen MR) is 71.4 cm³/mol. The Morgan fingerprint density at radius 2 is 2.00 bits per heavy atom. The van der Waals surface area contributed by atoms with Crippen LogP contribution in [-0.2, 0) is 9.47 Å². The van der Waals surface area contributed by atoms with Crippen LogP contribution in [0.1, 0.15) is 13.8 Å². The van der Waals surface area contributed by atoms with Crippen molar-refractivity contribution >= 4 is 17.3 Å². The molecule has 0 aromatic heterocycles. The Labute approximate surface area is 112 Å². The van der Waals surface area contributed by atoms with Gasteiger partial charge in [0.2, 0.25) is 0 Å². The van der Waals surface area contributed by atoms with Gasteiger partial charge in [-0.25, -0.2) is 0 Å². The van der Waals surface area contributed by atoms with Crippen molar-refractivity contribution in [3.8, 4) is 5.75 Å². The lowest BCUT2D eigenvalue weighted by molar-refractivity contribution is -0.247. The molecule has 1 heterocycles.